The number of halogens is 1. The van der Waals surface area contributed by atoms with Gasteiger partial charge in [-0.05, 0) is 44.2 Å². The Morgan fingerprint density at radius 1 is 1.29 bits per heavy atom. The summed E-state index contributed by atoms with van der Waals surface area (Å²) in [4.78, 5) is 10.9. The van der Waals surface area contributed by atoms with Gasteiger partial charge in [0.2, 0.25) is 0 Å². The van der Waals surface area contributed by atoms with Crippen LogP contribution in [0.3, 0.4) is 0 Å². The van der Waals surface area contributed by atoms with Gasteiger partial charge >= 0.3 is 0 Å². The Morgan fingerprint density at radius 2 is 2.12 bits per heavy atom. The predicted octanol–water partition coefficient (Wildman–Crippen LogP) is 2.59. The molecule has 3 aromatic rings. The van der Waals surface area contributed by atoms with Crippen LogP contribution in [0.1, 0.15) is 14.3 Å². The van der Waals surface area contributed by atoms with Gasteiger partial charge in [0, 0.05) is 32.1 Å². The van der Waals surface area contributed by atoms with Crippen LogP contribution in [0.5, 0.6) is 0 Å². The largest absolute Gasteiger partial charge is 0.356 e. The van der Waals surface area contributed by atoms with E-state index in [1.165, 1.54) is 6.07 Å². The molecule has 4 rings (SSSR count). The average molecular weight is 328 g/mol. The molecule has 0 spiro atoms. The molecule has 24 heavy (non-hydrogen) atoms. The molecule has 6 nitrogen and oxygen atoms in total. The quantitative estimate of drug-likeness (QED) is 0.773. The first-order chi connectivity index (χ1) is 11.8. The van der Waals surface area contributed by atoms with Crippen molar-refractivity contribution in [3.05, 3.63) is 36.3 Å². The van der Waals surface area contributed by atoms with E-state index in [2.05, 4.69) is 30.4 Å². The fourth-order valence-electron chi connectivity index (χ4n) is 3.21. The zero-order valence-electron chi connectivity index (χ0n) is 13.5. The maximum Gasteiger partial charge on any atom is 0.181 e. The van der Waals surface area contributed by atoms with Crippen LogP contribution in [0.15, 0.2) is 30.5 Å². The molecular formula is C17H21FN6. The number of fused-ring (bicyclic) bond motifs is 1. The van der Waals surface area contributed by atoms with Gasteiger partial charge in [-0.15, -0.1) is 0 Å². The number of H-pyrrole nitrogens is 1. The Bertz CT molecular complexity index is 859. The van der Waals surface area contributed by atoms with E-state index >= 15 is 0 Å². The minimum absolute atomic E-state index is 0. The second-order valence-electron chi connectivity index (χ2n) is 6.02. The third kappa shape index (κ3) is 2.60. The molecule has 2 N–H and O–H groups in total. The van der Waals surface area contributed by atoms with Crippen molar-refractivity contribution in [1.29, 1.82) is 0 Å². The lowest BCUT2D eigenvalue weighted by Crippen LogP contribution is -2.41. The lowest BCUT2D eigenvalue weighted by Gasteiger charge is -2.32. The first-order valence-corrected chi connectivity index (χ1v) is 8.14. The van der Waals surface area contributed by atoms with E-state index in [1.54, 1.807) is 12.3 Å². The SMILES string of the molecule is CNC1CCN(c2ccc(F)c(-c3[nH]nc4ncccc34)n2)CC1.[HH]. The predicted molar refractivity (Wildman–Crippen MR) is 93.5 cm³/mol. The molecule has 1 aliphatic heterocycles. The van der Waals surface area contributed by atoms with Crippen molar-refractivity contribution in [3.8, 4) is 11.4 Å². The van der Waals surface area contributed by atoms with Crippen LogP contribution in [0, 0.1) is 5.82 Å². The fraction of sp³-hybridized carbons (Fsp3) is 0.353. The number of anilines is 1. The first-order valence-electron chi connectivity index (χ1n) is 8.14. The molecule has 4 heterocycles. The highest BCUT2D eigenvalue weighted by atomic mass is 19.1. The van der Waals surface area contributed by atoms with Crippen LogP contribution in [0.4, 0.5) is 10.2 Å². The van der Waals surface area contributed by atoms with E-state index in [9.17, 15) is 4.39 Å². The summed E-state index contributed by atoms with van der Waals surface area (Å²) in [6.45, 7) is 1.82. The summed E-state index contributed by atoms with van der Waals surface area (Å²) in [5.74, 6) is 0.436. The lowest BCUT2D eigenvalue weighted by atomic mass is 10.1. The van der Waals surface area contributed by atoms with Crippen LogP contribution >= 0.6 is 0 Å². The molecule has 0 aliphatic carbocycles. The minimum atomic E-state index is -0.363. The van der Waals surface area contributed by atoms with Gasteiger partial charge in [0.25, 0.3) is 0 Å². The summed E-state index contributed by atoms with van der Waals surface area (Å²) in [6.07, 6.45) is 3.78. The molecule has 126 valence electrons. The van der Waals surface area contributed by atoms with Crippen molar-refractivity contribution in [3.63, 3.8) is 0 Å². The molecule has 0 saturated carbocycles. The Morgan fingerprint density at radius 3 is 2.92 bits per heavy atom. The topological polar surface area (TPSA) is 69.7 Å². The molecule has 0 bridgehead atoms. The number of rotatable bonds is 3. The standard InChI is InChI=1S/C17H19FN6.H2/c1-19-11-6-9-24(10-7-11)14-5-4-13(18)16(21-14)15-12-3-2-8-20-17(12)23-22-15;/h2-5,8,11,19H,6-7,9-10H2,1H3,(H,20,22,23);1H. The number of pyridine rings is 2. The van der Waals surface area contributed by atoms with E-state index < -0.39 is 0 Å². The number of piperidine rings is 1. The van der Waals surface area contributed by atoms with Crippen LogP contribution in [0.2, 0.25) is 0 Å². The highest BCUT2D eigenvalue weighted by molar-refractivity contribution is 5.89. The minimum Gasteiger partial charge on any atom is -0.356 e. The molecule has 0 aromatic carbocycles. The summed E-state index contributed by atoms with van der Waals surface area (Å²) < 4.78 is 14.4. The smallest absolute Gasteiger partial charge is 0.181 e. The summed E-state index contributed by atoms with van der Waals surface area (Å²) >= 11 is 0. The Hall–Kier alpha value is -2.54. The molecule has 0 radical (unpaired) electrons. The summed E-state index contributed by atoms with van der Waals surface area (Å²) in [5, 5.41) is 11.1. The number of hydrogen-bond donors (Lipinski definition) is 2. The van der Waals surface area contributed by atoms with Crippen molar-refractivity contribution >= 4 is 16.9 Å². The van der Waals surface area contributed by atoms with Crippen molar-refractivity contribution < 1.29 is 5.82 Å². The van der Waals surface area contributed by atoms with Gasteiger partial charge < -0.3 is 10.2 Å². The molecular weight excluding hydrogens is 307 g/mol. The van der Waals surface area contributed by atoms with Gasteiger partial charge in [0.15, 0.2) is 11.5 Å². The second-order valence-corrected chi connectivity index (χ2v) is 6.02. The van der Waals surface area contributed by atoms with Crippen LogP contribution in [-0.2, 0) is 0 Å². The Kier molecular flexibility index (Phi) is 3.86. The maximum atomic E-state index is 14.4. The Balaban J connectivity index is 0.00000182. The van der Waals surface area contributed by atoms with Gasteiger partial charge in [0.05, 0.1) is 5.69 Å². The van der Waals surface area contributed by atoms with E-state index in [-0.39, 0.29) is 7.24 Å². The van der Waals surface area contributed by atoms with Crippen LogP contribution in [-0.4, -0.2) is 46.3 Å². The van der Waals surface area contributed by atoms with Gasteiger partial charge in [-0.25, -0.2) is 14.4 Å². The fourth-order valence-corrected chi connectivity index (χ4v) is 3.21. The molecule has 3 aromatic heterocycles. The van der Waals surface area contributed by atoms with E-state index in [1.807, 2.05) is 19.2 Å². The molecule has 1 aliphatic rings. The maximum absolute atomic E-state index is 14.4. The molecule has 1 saturated heterocycles. The zero-order valence-corrected chi connectivity index (χ0v) is 13.5. The summed E-state index contributed by atoms with van der Waals surface area (Å²) in [7, 11) is 1.99. The van der Waals surface area contributed by atoms with Crippen molar-refractivity contribution in [2.45, 2.75) is 18.9 Å². The van der Waals surface area contributed by atoms with Crippen molar-refractivity contribution in [2.24, 2.45) is 0 Å². The van der Waals surface area contributed by atoms with E-state index in [0.717, 1.165) is 37.1 Å². The highest BCUT2D eigenvalue weighted by Gasteiger charge is 2.21. The number of aromatic nitrogens is 4. The van der Waals surface area contributed by atoms with Crippen LogP contribution in [0.25, 0.3) is 22.4 Å². The number of nitrogens with zero attached hydrogens (tertiary/aromatic N) is 4. The van der Waals surface area contributed by atoms with Gasteiger partial charge in [-0.2, -0.15) is 5.10 Å². The first kappa shape index (κ1) is 15.0. The summed E-state index contributed by atoms with van der Waals surface area (Å²) in [5.41, 5.74) is 1.43. The lowest BCUT2D eigenvalue weighted by molar-refractivity contribution is 0.440. The number of aromatic amines is 1. The van der Waals surface area contributed by atoms with Gasteiger partial charge in [-0.1, -0.05) is 0 Å². The molecule has 1 fully saturated rings. The molecule has 0 unspecified atom stereocenters. The third-order valence-electron chi connectivity index (χ3n) is 4.62. The number of hydrogen-bond acceptors (Lipinski definition) is 5. The normalized spacial score (nSPS) is 16.0. The summed E-state index contributed by atoms with van der Waals surface area (Å²) in [6, 6.07) is 7.45. The van der Waals surface area contributed by atoms with E-state index in [4.69, 9.17) is 0 Å². The number of nitrogens with one attached hydrogen (secondary N) is 2. The third-order valence-corrected chi connectivity index (χ3v) is 4.62. The zero-order chi connectivity index (χ0) is 16.5. The monoisotopic (exact) mass is 328 g/mol. The Labute approximate surface area is 140 Å². The van der Waals surface area contributed by atoms with Crippen LogP contribution < -0.4 is 10.2 Å². The van der Waals surface area contributed by atoms with Crippen molar-refractivity contribution in [2.75, 3.05) is 25.0 Å². The molecule has 0 atom stereocenters. The van der Waals surface area contributed by atoms with E-state index in [0.29, 0.717) is 23.1 Å². The highest BCUT2D eigenvalue weighted by Crippen LogP contribution is 2.28. The molecule has 7 heteroatoms. The van der Waals surface area contributed by atoms with Crippen molar-refractivity contribution in [1.82, 2.24) is 25.5 Å². The second kappa shape index (κ2) is 6.16. The average Bonchev–Trinajstić information content (AvgIpc) is 3.06. The van der Waals surface area contributed by atoms with Gasteiger partial charge in [-0.3, -0.25) is 5.10 Å². The van der Waals surface area contributed by atoms with Gasteiger partial charge in [0.1, 0.15) is 11.5 Å². The molecule has 0 amide bonds.